The highest BCUT2D eigenvalue weighted by Gasteiger charge is 2.07. The Kier molecular flexibility index (Phi) is 4.98. The van der Waals surface area contributed by atoms with Crippen LogP contribution in [0, 0.1) is 0 Å². The molecule has 5 heteroatoms. The predicted octanol–water partition coefficient (Wildman–Crippen LogP) is 1.44. The zero-order valence-electron chi connectivity index (χ0n) is 8.70. The smallest absolute Gasteiger partial charge is 0.225 e. The van der Waals surface area contributed by atoms with Gasteiger partial charge in [0.1, 0.15) is 0 Å². The van der Waals surface area contributed by atoms with Crippen LogP contribution >= 0.6 is 15.9 Å². The highest BCUT2D eigenvalue weighted by Crippen LogP contribution is 2.15. The number of carbonyl (C=O) groups excluding carboxylic acids is 2. The fourth-order valence-corrected chi connectivity index (χ4v) is 1.64. The van der Waals surface area contributed by atoms with Crippen molar-refractivity contribution in [1.82, 2.24) is 0 Å². The van der Waals surface area contributed by atoms with E-state index in [-0.39, 0.29) is 12.3 Å². The van der Waals surface area contributed by atoms with Crippen LogP contribution in [-0.2, 0) is 16.0 Å². The van der Waals surface area contributed by atoms with Crippen molar-refractivity contribution in [2.45, 2.75) is 12.8 Å². The van der Waals surface area contributed by atoms with Crippen molar-refractivity contribution >= 4 is 33.4 Å². The van der Waals surface area contributed by atoms with E-state index in [1.807, 2.05) is 0 Å². The van der Waals surface area contributed by atoms with Crippen LogP contribution in [0.4, 0.5) is 5.69 Å². The zero-order chi connectivity index (χ0) is 12.0. The van der Waals surface area contributed by atoms with Crippen LogP contribution in [0.25, 0.3) is 0 Å². The molecule has 0 radical (unpaired) electrons. The molecular weight excluding hydrogens is 272 g/mol. The summed E-state index contributed by atoms with van der Waals surface area (Å²) in [6.45, 7) is 0. The van der Waals surface area contributed by atoms with Gasteiger partial charge in [-0.3, -0.25) is 9.59 Å². The summed E-state index contributed by atoms with van der Waals surface area (Å²) in [5.74, 6) is -0.504. The van der Waals surface area contributed by atoms with E-state index in [1.165, 1.54) is 0 Å². The van der Waals surface area contributed by atoms with Crippen LogP contribution in [0.3, 0.4) is 0 Å². The first-order valence-electron chi connectivity index (χ1n) is 4.85. The summed E-state index contributed by atoms with van der Waals surface area (Å²) in [6.07, 6.45) is 0.523. The minimum absolute atomic E-state index is 0.0891. The standard InChI is InChI=1S/C11H13BrN2O2/c12-6-5-11(16)14-9-4-2-1-3-8(9)7-10(13)15/h1-4H,5-7H2,(H2,13,15)(H,14,16). The molecule has 1 aromatic carbocycles. The minimum Gasteiger partial charge on any atom is -0.369 e. The Bertz CT molecular complexity index is 393. The number of nitrogens with two attached hydrogens (primary N) is 1. The minimum atomic E-state index is -0.415. The maximum absolute atomic E-state index is 11.4. The SMILES string of the molecule is NC(=O)Cc1ccccc1NC(=O)CCBr. The van der Waals surface area contributed by atoms with E-state index < -0.39 is 5.91 Å². The maximum Gasteiger partial charge on any atom is 0.225 e. The van der Waals surface area contributed by atoms with E-state index in [9.17, 15) is 9.59 Å². The molecule has 0 heterocycles. The summed E-state index contributed by atoms with van der Waals surface area (Å²) >= 11 is 3.19. The normalized spacial score (nSPS) is 9.81. The zero-order valence-corrected chi connectivity index (χ0v) is 10.3. The van der Waals surface area contributed by atoms with Gasteiger partial charge < -0.3 is 11.1 Å². The van der Waals surface area contributed by atoms with Crippen LogP contribution < -0.4 is 11.1 Å². The Labute approximate surface area is 102 Å². The summed E-state index contributed by atoms with van der Waals surface area (Å²) in [5, 5.41) is 3.35. The van der Waals surface area contributed by atoms with Gasteiger partial charge in [0, 0.05) is 17.4 Å². The summed E-state index contributed by atoms with van der Waals surface area (Å²) in [6, 6.07) is 7.13. The van der Waals surface area contributed by atoms with Crippen molar-refractivity contribution in [2.24, 2.45) is 5.73 Å². The lowest BCUT2D eigenvalue weighted by atomic mass is 10.1. The van der Waals surface area contributed by atoms with Gasteiger partial charge in [0.05, 0.1) is 6.42 Å². The highest BCUT2D eigenvalue weighted by atomic mass is 79.9. The molecule has 0 aliphatic rings. The first kappa shape index (κ1) is 12.7. The Morgan fingerprint density at radius 3 is 2.62 bits per heavy atom. The molecule has 1 aromatic rings. The van der Waals surface area contributed by atoms with Crippen molar-refractivity contribution in [1.29, 1.82) is 0 Å². The predicted molar refractivity (Wildman–Crippen MR) is 66.4 cm³/mol. The van der Waals surface area contributed by atoms with Crippen LogP contribution in [-0.4, -0.2) is 17.1 Å². The molecule has 86 valence electrons. The summed E-state index contributed by atoms with van der Waals surface area (Å²) in [5.41, 5.74) is 6.50. The van der Waals surface area contributed by atoms with Gasteiger partial charge in [0.25, 0.3) is 0 Å². The van der Waals surface area contributed by atoms with E-state index in [0.717, 1.165) is 5.56 Å². The molecule has 2 amide bonds. The number of hydrogen-bond donors (Lipinski definition) is 2. The number of benzene rings is 1. The number of amides is 2. The van der Waals surface area contributed by atoms with Gasteiger partial charge in [-0.05, 0) is 11.6 Å². The van der Waals surface area contributed by atoms with Crippen molar-refractivity contribution < 1.29 is 9.59 Å². The molecule has 0 saturated carbocycles. The number of carbonyl (C=O) groups is 2. The number of hydrogen-bond acceptors (Lipinski definition) is 2. The molecule has 0 aliphatic carbocycles. The number of para-hydroxylation sites is 1. The average molecular weight is 285 g/mol. The lowest BCUT2D eigenvalue weighted by Crippen LogP contribution is -2.17. The molecule has 16 heavy (non-hydrogen) atoms. The van der Waals surface area contributed by atoms with Gasteiger partial charge in [-0.2, -0.15) is 0 Å². The summed E-state index contributed by atoms with van der Waals surface area (Å²) < 4.78 is 0. The molecule has 0 bridgehead atoms. The second kappa shape index (κ2) is 6.27. The van der Waals surface area contributed by atoms with Gasteiger partial charge in [0.2, 0.25) is 11.8 Å². The lowest BCUT2D eigenvalue weighted by molar-refractivity contribution is -0.117. The first-order chi connectivity index (χ1) is 7.63. The first-order valence-corrected chi connectivity index (χ1v) is 5.97. The van der Waals surface area contributed by atoms with E-state index >= 15 is 0 Å². The molecular formula is C11H13BrN2O2. The van der Waals surface area contributed by atoms with Gasteiger partial charge in [-0.15, -0.1) is 0 Å². The second-order valence-corrected chi connectivity index (χ2v) is 4.08. The molecule has 0 unspecified atom stereocenters. The van der Waals surface area contributed by atoms with E-state index in [2.05, 4.69) is 21.2 Å². The Balaban J connectivity index is 2.78. The highest BCUT2D eigenvalue weighted by molar-refractivity contribution is 9.09. The van der Waals surface area contributed by atoms with Crippen LogP contribution in [0.5, 0.6) is 0 Å². The Morgan fingerprint density at radius 2 is 2.00 bits per heavy atom. The van der Waals surface area contributed by atoms with E-state index in [0.29, 0.717) is 17.4 Å². The molecule has 0 atom stereocenters. The monoisotopic (exact) mass is 284 g/mol. The third kappa shape index (κ3) is 4.02. The van der Waals surface area contributed by atoms with E-state index in [4.69, 9.17) is 5.73 Å². The van der Waals surface area contributed by atoms with Crippen molar-refractivity contribution in [2.75, 3.05) is 10.6 Å². The molecule has 3 N–H and O–H groups in total. The Morgan fingerprint density at radius 1 is 1.31 bits per heavy atom. The maximum atomic E-state index is 11.4. The van der Waals surface area contributed by atoms with Crippen molar-refractivity contribution in [3.05, 3.63) is 29.8 Å². The van der Waals surface area contributed by atoms with Crippen LogP contribution in [0.1, 0.15) is 12.0 Å². The van der Waals surface area contributed by atoms with Gasteiger partial charge in [0.15, 0.2) is 0 Å². The summed E-state index contributed by atoms with van der Waals surface area (Å²) in [4.78, 5) is 22.2. The number of rotatable bonds is 5. The molecule has 0 fully saturated rings. The molecule has 0 aromatic heterocycles. The number of halogens is 1. The van der Waals surface area contributed by atoms with Crippen LogP contribution in [0.15, 0.2) is 24.3 Å². The summed E-state index contributed by atoms with van der Waals surface area (Å²) in [7, 11) is 0. The second-order valence-electron chi connectivity index (χ2n) is 3.29. The number of primary amides is 1. The Hall–Kier alpha value is -1.36. The topological polar surface area (TPSA) is 72.2 Å². The fraction of sp³-hybridized carbons (Fsp3) is 0.273. The fourth-order valence-electron chi connectivity index (χ4n) is 1.28. The molecule has 0 spiro atoms. The molecule has 1 rings (SSSR count). The third-order valence-electron chi connectivity index (χ3n) is 1.98. The van der Waals surface area contributed by atoms with Gasteiger partial charge in [-0.25, -0.2) is 0 Å². The number of alkyl halides is 1. The van der Waals surface area contributed by atoms with Gasteiger partial charge >= 0.3 is 0 Å². The largest absolute Gasteiger partial charge is 0.369 e. The lowest BCUT2D eigenvalue weighted by Gasteiger charge is -2.09. The number of nitrogens with one attached hydrogen (secondary N) is 1. The quantitative estimate of drug-likeness (QED) is 0.803. The molecule has 4 nitrogen and oxygen atoms in total. The van der Waals surface area contributed by atoms with Crippen molar-refractivity contribution in [3.63, 3.8) is 0 Å². The van der Waals surface area contributed by atoms with Gasteiger partial charge in [-0.1, -0.05) is 34.1 Å². The molecule has 0 aliphatic heterocycles. The average Bonchev–Trinajstić information content (AvgIpc) is 2.20. The third-order valence-corrected chi connectivity index (χ3v) is 2.37. The number of anilines is 1. The van der Waals surface area contributed by atoms with Crippen LogP contribution in [0.2, 0.25) is 0 Å². The van der Waals surface area contributed by atoms with E-state index in [1.54, 1.807) is 24.3 Å². The molecule has 0 saturated heterocycles. The van der Waals surface area contributed by atoms with Crippen molar-refractivity contribution in [3.8, 4) is 0 Å².